The lowest BCUT2D eigenvalue weighted by atomic mass is 10.2. The highest BCUT2D eigenvalue weighted by Gasteiger charge is 2.07. The van der Waals surface area contributed by atoms with E-state index in [1.165, 1.54) is 0 Å². The average molecular weight is 212 g/mol. The summed E-state index contributed by atoms with van der Waals surface area (Å²) >= 11 is 0. The Morgan fingerprint density at radius 3 is 2.73 bits per heavy atom. The van der Waals surface area contributed by atoms with Crippen LogP contribution in [0.4, 0.5) is 4.79 Å². The van der Waals surface area contributed by atoms with Gasteiger partial charge in [-0.1, -0.05) is 5.16 Å². The third-order valence-electron chi connectivity index (χ3n) is 2.08. The summed E-state index contributed by atoms with van der Waals surface area (Å²) in [7, 11) is 0. The first kappa shape index (κ1) is 11.5. The molecule has 6 nitrogen and oxygen atoms in total. The molecule has 0 aliphatic carbocycles. The van der Waals surface area contributed by atoms with Crippen molar-refractivity contribution in [2.75, 3.05) is 13.1 Å². The van der Waals surface area contributed by atoms with E-state index in [1.54, 1.807) is 0 Å². The first-order valence-corrected chi connectivity index (χ1v) is 4.77. The van der Waals surface area contributed by atoms with Gasteiger partial charge in [-0.15, -0.1) is 0 Å². The quantitative estimate of drug-likeness (QED) is 0.601. The molecule has 0 aliphatic heterocycles. The number of urea groups is 1. The molecular weight excluding hydrogens is 196 g/mol. The third-order valence-corrected chi connectivity index (χ3v) is 2.08. The fourth-order valence-electron chi connectivity index (χ4n) is 1.24. The number of nitrogens with one attached hydrogen (secondary N) is 2. The van der Waals surface area contributed by atoms with Crippen LogP contribution >= 0.6 is 0 Å². The summed E-state index contributed by atoms with van der Waals surface area (Å²) in [5.41, 5.74) is 6.87. The first-order valence-electron chi connectivity index (χ1n) is 4.77. The Morgan fingerprint density at radius 2 is 2.20 bits per heavy atom. The molecule has 0 atom stereocenters. The summed E-state index contributed by atoms with van der Waals surface area (Å²) in [6.45, 7) is 5.63. The predicted molar refractivity (Wildman–Crippen MR) is 55.3 cm³/mol. The topological polar surface area (TPSA) is 93.2 Å². The number of carbonyl (C=O) groups is 1. The molecule has 2 amide bonds. The van der Waals surface area contributed by atoms with E-state index in [0.717, 1.165) is 17.0 Å². The number of aryl methyl sites for hydroxylation is 2. The van der Waals surface area contributed by atoms with Crippen LogP contribution < -0.4 is 16.4 Å². The Hall–Kier alpha value is -1.56. The molecule has 1 aromatic rings. The Kier molecular flexibility index (Phi) is 4.11. The molecule has 84 valence electrons. The van der Waals surface area contributed by atoms with Crippen LogP contribution in [0.5, 0.6) is 0 Å². The maximum atomic E-state index is 10.4. The summed E-state index contributed by atoms with van der Waals surface area (Å²) in [6, 6.07) is -0.505. The Labute approximate surface area is 88.2 Å². The van der Waals surface area contributed by atoms with E-state index in [9.17, 15) is 4.79 Å². The molecule has 0 aliphatic rings. The smallest absolute Gasteiger partial charge is 0.312 e. The number of primary amides is 1. The largest absolute Gasteiger partial charge is 0.361 e. The van der Waals surface area contributed by atoms with Crippen molar-refractivity contribution in [1.82, 2.24) is 15.8 Å². The van der Waals surface area contributed by atoms with Crippen molar-refractivity contribution in [2.24, 2.45) is 5.73 Å². The van der Waals surface area contributed by atoms with E-state index in [1.807, 2.05) is 13.8 Å². The molecule has 1 rings (SSSR count). The van der Waals surface area contributed by atoms with E-state index in [0.29, 0.717) is 19.6 Å². The molecule has 0 spiro atoms. The maximum Gasteiger partial charge on any atom is 0.312 e. The molecule has 0 saturated heterocycles. The molecule has 4 N–H and O–H groups in total. The van der Waals surface area contributed by atoms with Crippen molar-refractivity contribution >= 4 is 6.03 Å². The van der Waals surface area contributed by atoms with E-state index in [4.69, 9.17) is 10.3 Å². The summed E-state index contributed by atoms with van der Waals surface area (Å²) in [6.07, 6.45) is 0. The van der Waals surface area contributed by atoms with Crippen molar-refractivity contribution in [3.05, 3.63) is 17.0 Å². The Bertz CT molecular complexity index is 315. The minimum atomic E-state index is -0.505. The van der Waals surface area contributed by atoms with Crippen molar-refractivity contribution in [3.8, 4) is 0 Å². The molecular formula is C9H16N4O2. The Morgan fingerprint density at radius 1 is 1.47 bits per heavy atom. The van der Waals surface area contributed by atoms with E-state index in [2.05, 4.69) is 15.8 Å². The molecule has 15 heavy (non-hydrogen) atoms. The van der Waals surface area contributed by atoms with Crippen LogP contribution in [0.15, 0.2) is 4.52 Å². The van der Waals surface area contributed by atoms with Gasteiger partial charge in [0, 0.05) is 25.2 Å². The number of amides is 2. The van der Waals surface area contributed by atoms with Gasteiger partial charge in [0.2, 0.25) is 0 Å². The molecule has 6 heteroatoms. The lowest BCUT2D eigenvalue weighted by Crippen LogP contribution is -2.35. The summed E-state index contributed by atoms with van der Waals surface area (Å²) in [5, 5.41) is 9.49. The fraction of sp³-hybridized carbons (Fsp3) is 0.556. The minimum absolute atomic E-state index is 0.505. The fourth-order valence-corrected chi connectivity index (χ4v) is 1.24. The molecule has 0 aromatic carbocycles. The van der Waals surface area contributed by atoms with E-state index < -0.39 is 6.03 Å². The van der Waals surface area contributed by atoms with Gasteiger partial charge in [-0.3, -0.25) is 0 Å². The van der Waals surface area contributed by atoms with Crippen LogP contribution in [-0.2, 0) is 6.54 Å². The SMILES string of the molecule is Cc1noc(C)c1CNCCNC(N)=O. The normalized spacial score (nSPS) is 10.3. The van der Waals surface area contributed by atoms with Gasteiger partial charge in [0.05, 0.1) is 5.69 Å². The van der Waals surface area contributed by atoms with Crippen molar-refractivity contribution in [3.63, 3.8) is 0 Å². The molecule has 0 radical (unpaired) electrons. The monoisotopic (exact) mass is 212 g/mol. The zero-order valence-electron chi connectivity index (χ0n) is 8.96. The van der Waals surface area contributed by atoms with E-state index in [-0.39, 0.29) is 0 Å². The molecule has 0 unspecified atom stereocenters. The highest BCUT2D eigenvalue weighted by atomic mass is 16.5. The standard InChI is InChI=1S/C9H16N4O2/c1-6-8(7(2)15-13-6)5-11-3-4-12-9(10)14/h11H,3-5H2,1-2H3,(H3,10,12,14). The van der Waals surface area contributed by atoms with Crippen molar-refractivity contribution < 1.29 is 9.32 Å². The molecule has 0 bridgehead atoms. The van der Waals surface area contributed by atoms with Gasteiger partial charge in [-0.2, -0.15) is 0 Å². The number of nitrogens with zero attached hydrogens (tertiary/aromatic N) is 1. The second-order valence-electron chi connectivity index (χ2n) is 3.27. The zero-order chi connectivity index (χ0) is 11.3. The van der Waals surface area contributed by atoms with E-state index >= 15 is 0 Å². The van der Waals surface area contributed by atoms with Gasteiger partial charge < -0.3 is 20.9 Å². The number of hydrogen-bond donors (Lipinski definition) is 3. The van der Waals surface area contributed by atoms with Crippen molar-refractivity contribution in [1.29, 1.82) is 0 Å². The number of nitrogens with two attached hydrogens (primary N) is 1. The second-order valence-corrected chi connectivity index (χ2v) is 3.27. The lowest BCUT2D eigenvalue weighted by molar-refractivity contribution is 0.249. The maximum absolute atomic E-state index is 10.4. The van der Waals surface area contributed by atoms with Gasteiger partial charge in [0.1, 0.15) is 5.76 Å². The summed E-state index contributed by atoms with van der Waals surface area (Å²) in [5.74, 6) is 0.822. The van der Waals surface area contributed by atoms with Gasteiger partial charge in [0.15, 0.2) is 0 Å². The first-order chi connectivity index (χ1) is 7.11. The summed E-state index contributed by atoms with van der Waals surface area (Å²) < 4.78 is 5.01. The average Bonchev–Trinajstić information content (AvgIpc) is 2.47. The highest BCUT2D eigenvalue weighted by molar-refractivity contribution is 5.71. The van der Waals surface area contributed by atoms with Crippen LogP contribution in [0, 0.1) is 13.8 Å². The van der Waals surface area contributed by atoms with Gasteiger partial charge in [-0.25, -0.2) is 4.79 Å². The number of carbonyl (C=O) groups excluding carboxylic acids is 1. The number of rotatable bonds is 5. The van der Waals surface area contributed by atoms with Crippen LogP contribution in [-0.4, -0.2) is 24.3 Å². The molecule has 1 heterocycles. The second kappa shape index (κ2) is 5.35. The van der Waals surface area contributed by atoms with Crippen LogP contribution in [0.1, 0.15) is 17.0 Å². The predicted octanol–water partition coefficient (Wildman–Crippen LogP) is 0.0493. The van der Waals surface area contributed by atoms with Gasteiger partial charge in [-0.05, 0) is 13.8 Å². The number of hydrogen-bond acceptors (Lipinski definition) is 4. The van der Waals surface area contributed by atoms with Gasteiger partial charge >= 0.3 is 6.03 Å². The Balaban J connectivity index is 2.23. The minimum Gasteiger partial charge on any atom is -0.361 e. The lowest BCUT2D eigenvalue weighted by Gasteiger charge is -2.04. The summed E-state index contributed by atoms with van der Waals surface area (Å²) in [4.78, 5) is 10.4. The van der Waals surface area contributed by atoms with Crippen molar-refractivity contribution in [2.45, 2.75) is 20.4 Å². The molecule has 0 saturated carbocycles. The van der Waals surface area contributed by atoms with Gasteiger partial charge in [0.25, 0.3) is 0 Å². The van der Waals surface area contributed by atoms with Crippen LogP contribution in [0.25, 0.3) is 0 Å². The third kappa shape index (κ3) is 3.59. The molecule has 0 fully saturated rings. The number of aromatic nitrogens is 1. The van der Waals surface area contributed by atoms with Crippen LogP contribution in [0.2, 0.25) is 0 Å². The molecule has 1 aromatic heterocycles. The van der Waals surface area contributed by atoms with Crippen LogP contribution in [0.3, 0.4) is 0 Å². The zero-order valence-corrected chi connectivity index (χ0v) is 8.96. The highest BCUT2D eigenvalue weighted by Crippen LogP contribution is 2.10.